The second-order valence-electron chi connectivity index (χ2n) is 5.01. The van der Waals surface area contributed by atoms with Gasteiger partial charge in [0.1, 0.15) is 6.10 Å². The Kier molecular flexibility index (Phi) is 7.19. The van der Waals surface area contributed by atoms with E-state index in [-0.39, 0.29) is 6.10 Å². The van der Waals surface area contributed by atoms with E-state index in [1.807, 2.05) is 13.8 Å². The Labute approximate surface area is 116 Å². The number of oxime groups is 1. The van der Waals surface area contributed by atoms with E-state index in [1.54, 1.807) is 7.11 Å². The normalized spacial score (nSPS) is 11.9. The van der Waals surface area contributed by atoms with Crippen LogP contribution >= 0.6 is 0 Å². The summed E-state index contributed by atoms with van der Waals surface area (Å²) in [5.74, 6) is 0. The van der Waals surface area contributed by atoms with Crippen molar-refractivity contribution in [1.82, 2.24) is 0 Å². The molecule has 0 aliphatic heterocycles. The molecule has 0 amide bonds. The first-order valence-electron chi connectivity index (χ1n) is 6.92. The van der Waals surface area contributed by atoms with Crippen LogP contribution in [0.3, 0.4) is 0 Å². The van der Waals surface area contributed by atoms with Crippen LogP contribution in [0.1, 0.15) is 44.2 Å². The molecule has 0 heterocycles. The molecule has 0 fully saturated rings. The number of hydrogen-bond acceptors (Lipinski definition) is 3. The lowest BCUT2D eigenvalue weighted by Gasteiger charge is -2.09. The Morgan fingerprint density at radius 1 is 1.16 bits per heavy atom. The summed E-state index contributed by atoms with van der Waals surface area (Å²) in [5, 5.41) is 4.30. The van der Waals surface area contributed by atoms with Gasteiger partial charge in [-0.05, 0) is 45.6 Å². The Bertz CT molecular complexity index is 382. The number of aryl methyl sites for hydroxylation is 1. The largest absolute Gasteiger partial charge is 0.393 e. The van der Waals surface area contributed by atoms with Gasteiger partial charge in [0.2, 0.25) is 0 Å². The molecule has 106 valence electrons. The van der Waals surface area contributed by atoms with Gasteiger partial charge in [0.25, 0.3) is 0 Å². The van der Waals surface area contributed by atoms with Gasteiger partial charge in [0.05, 0.1) is 5.71 Å². The zero-order valence-electron chi connectivity index (χ0n) is 12.5. The van der Waals surface area contributed by atoms with Crippen molar-refractivity contribution < 1.29 is 9.57 Å². The number of unbranched alkanes of at least 4 members (excludes halogenated alkanes) is 1. The molecule has 1 aromatic rings. The minimum atomic E-state index is 0.111. The molecule has 0 N–H and O–H groups in total. The summed E-state index contributed by atoms with van der Waals surface area (Å²) in [7, 11) is 1.73. The molecule has 0 aliphatic carbocycles. The quantitative estimate of drug-likeness (QED) is 0.404. The summed E-state index contributed by atoms with van der Waals surface area (Å²) in [6.45, 7) is 6.86. The highest BCUT2D eigenvalue weighted by molar-refractivity contribution is 6.00. The van der Waals surface area contributed by atoms with E-state index in [9.17, 15) is 0 Å². The van der Waals surface area contributed by atoms with Crippen molar-refractivity contribution in [2.45, 2.75) is 46.1 Å². The molecular formula is C16H25NO2. The molecule has 1 aromatic carbocycles. The maximum atomic E-state index is 5.40. The molecule has 0 bridgehead atoms. The Morgan fingerprint density at radius 3 is 2.42 bits per heavy atom. The summed E-state index contributed by atoms with van der Waals surface area (Å²) in [6.07, 6.45) is 3.13. The molecular weight excluding hydrogens is 238 g/mol. The minimum Gasteiger partial charge on any atom is -0.393 e. The average molecular weight is 263 g/mol. The van der Waals surface area contributed by atoms with Gasteiger partial charge in [-0.25, -0.2) is 0 Å². The molecule has 1 rings (SSSR count). The van der Waals surface area contributed by atoms with Crippen LogP contribution in [-0.4, -0.2) is 25.5 Å². The first kappa shape index (κ1) is 15.7. The second kappa shape index (κ2) is 8.70. The van der Waals surface area contributed by atoms with Gasteiger partial charge >= 0.3 is 0 Å². The van der Waals surface area contributed by atoms with Crippen molar-refractivity contribution in [3.8, 4) is 0 Å². The molecule has 0 aliphatic rings. The maximum Gasteiger partial charge on any atom is 0.122 e. The fourth-order valence-electron chi connectivity index (χ4n) is 1.70. The van der Waals surface area contributed by atoms with Crippen molar-refractivity contribution in [3.05, 3.63) is 35.4 Å². The van der Waals surface area contributed by atoms with Crippen molar-refractivity contribution >= 4 is 5.71 Å². The lowest BCUT2D eigenvalue weighted by molar-refractivity contribution is 0.0855. The third-order valence-electron chi connectivity index (χ3n) is 2.77. The third-order valence-corrected chi connectivity index (χ3v) is 2.77. The molecule has 3 nitrogen and oxygen atoms in total. The lowest BCUT2D eigenvalue weighted by atomic mass is 10.0. The number of nitrogens with zero attached hydrogens (tertiary/aromatic N) is 1. The third kappa shape index (κ3) is 6.39. The lowest BCUT2D eigenvalue weighted by Crippen LogP contribution is -2.06. The van der Waals surface area contributed by atoms with Crippen LogP contribution in [0.4, 0.5) is 0 Å². The van der Waals surface area contributed by atoms with Crippen LogP contribution in [0.25, 0.3) is 0 Å². The van der Waals surface area contributed by atoms with E-state index in [0.717, 1.165) is 37.1 Å². The van der Waals surface area contributed by atoms with E-state index in [1.165, 1.54) is 5.56 Å². The van der Waals surface area contributed by atoms with E-state index in [4.69, 9.17) is 9.57 Å². The molecule has 0 atom stereocenters. The van der Waals surface area contributed by atoms with Gasteiger partial charge in [-0.3, -0.25) is 0 Å². The Balaban J connectivity index is 2.68. The summed E-state index contributed by atoms with van der Waals surface area (Å²) in [4.78, 5) is 5.40. The van der Waals surface area contributed by atoms with Crippen LogP contribution in [0, 0.1) is 6.92 Å². The summed E-state index contributed by atoms with van der Waals surface area (Å²) < 4.78 is 5.07. The second-order valence-corrected chi connectivity index (χ2v) is 5.01. The Morgan fingerprint density at radius 2 is 1.84 bits per heavy atom. The molecule has 0 radical (unpaired) electrons. The smallest absolute Gasteiger partial charge is 0.122 e. The van der Waals surface area contributed by atoms with Gasteiger partial charge in [-0.15, -0.1) is 0 Å². The fourth-order valence-corrected chi connectivity index (χ4v) is 1.70. The maximum absolute atomic E-state index is 5.40. The number of benzene rings is 1. The van der Waals surface area contributed by atoms with Gasteiger partial charge < -0.3 is 9.57 Å². The van der Waals surface area contributed by atoms with Gasteiger partial charge in [-0.2, -0.15) is 0 Å². The standard InChI is InChI=1S/C16H25NO2/c1-13(2)19-17-16(7-5-6-12-18-4)15-10-8-14(3)9-11-15/h8-11,13H,5-7,12H2,1-4H3/b17-16+. The number of rotatable bonds is 8. The molecule has 3 heteroatoms. The number of ether oxygens (including phenoxy) is 1. The van der Waals surface area contributed by atoms with Gasteiger partial charge in [0, 0.05) is 13.7 Å². The molecule has 0 spiro atoms. The van der Waals surface area contributed by atoms with Crippen LogP contribution in [0.15, 0.2) is 29.4 Å². The SMILES string of the molecule is COCCCC/C(=N\OC(C)C)c1ccc(C)cc1. The van der Waals surface area contributed by atoms with E-state index < -0.39 is 0 Å². The van der Waals surface area contributed by atoms with Crippen LogP contribution in [-0.2, 0) is 9.57 Å². The van der Waals surface area contributed by atoms with Crippen LogP contribution < -0.4 is 0 Å². The zero-order chi connectivity index (χ0) is 14.1. The zero-order valence-corrected chi connectivity index (χ0v) is 12.5. The predicted molar refractivity (Wildman–Crippen MR) is 79.7 cm³/mol. The Hall–Kier alpha value is -1.35. The monoisotopic (exact) mass is 263 g/mol. The summed E-state index contributed by atoms with van der Waals surface area (Å²) >= 11 is 0. The minimum absolute atomic E-state index is 0.111. The highest BCUT2D eigenvalue weighted by atomic mass is 16.6. The van der Waals surface area contributed by atoms with Crippen molar-refractivity contribution in [2.75, 3.05) is 13.7 Å². The van der Waals surface area contributed by atoms with Gasteiger partial charge in [0.15, 0.2) is 0 Å². The van der Waals surface area contributed by atoms with Gasteiger partial charge in [-0.1, -0.05) is 35.0 Å². The number of methoxy groups -OCH3 is 1. The molecule has 0 unspecified atom stereocenters. The van der Waals surface area contributed by atoms with E-state index in [2.05, 4.69) is 36.3 Å². The topological polar surface area (TPSA) is 30.8 Å². The first-order chi connectivity index (χ1) is 9.13. The van der Waals surface area contributed by atoms with E-state index in [0.29, 0.717) is 0 Å². The first-order valence-corrected chi connectivity index (χ1v) is 6.92. The molecule has 0 saturated carbocycles. The van der Waals surface area contributed by atoms with Crippen molar-refractivity contribution in [3.63, 3.8) is 0 Å². The fraction of sp³-hybridized carbons (Fsp3) is 0.562. The molecule has 0 aromatic heterocycles. The van der Waals surface area contributed by atoms with Crippen LogP contribution in [0.2, 0.25) is 0 Å². The highest BCUT2D eigenvalue weighted by Crippen LogP contribution is 2.11. The number of hydrogen-bond donors (Lipinski definition) is 0. The molecule has 19 heavy (non-hydrogen) atoms. The van der Waals surface area contributed by atoms with E-state index >= 15 is 0 Å². The van der Waals surface area contributed by atoms with Crippen LogP contribution in [0.5, 0.6) is 0 Å². The summed E-state index contributed by atoms with van der Waals surface area (Å²) in [5.41, 5.74) is 3.42. The average Bonchev–Trinajstić information content (AvgIpc) is 2.39. The highest BCUT2D eigenvalue weighted by Gasteiger charge is 2.05. The predicted octanol–water partition coefficient (Wildman–Crippen LogP) is 3.94. The summed E-state index contributed by atoms with van der Waals surface area (Å²) in [6, 6.07) is 8.42. The van der Waals surface area contributed by atoms with Crippen molar-refractivity contribution in [1.29, 1.82) is 0 Å². The van der Waals surface area contributed by atoms with Crippen molar-refractivity contribution in [2.24, 2.45) is 5.16 Å². The molecule has 0 saturated heterocycles.